The quantitative estimate of drug-likeness (QED) is 0.799. The summed E-state index contributed by atoms with van der Waals surface area (Å²) in [4.78, 5) is 0. The van der Waals surface area contributed by atoms with Gasteiger partial charge in [-0.1, -0.05) is 19.1 Å². The summed E-state index contributed by atoms with van der Waals surface area (Å²) in [5.41, 5.74) is 4.29. The van der Waals surface area contributed by atoms with Gasteiger partial charge in [0.05, 0.1) is 7.11 Å². The van der Waals surface area contributed by atoms with E-state index >= 15 is 0 Å². The van der Waals surface area contributed by atoms with Gasteiger partial charge < -0.3 is 10.1 Å². The second kappa shape index (κ2) is 7.23. The normalized spacial score (nSPS) is 10.7. The topological polar surface area (TPSA) is 21.3 Å². The largest absolute Gasteiger partial charge is 0.497 e. The summed E-state index contributed by atoms with van der Waals surface area (Å²) in [6, 6.07) is 11.0. The summed E-state index contributed by atoms with van der Waals surface area (Å²) >= 11 is 0. The highest BCUT2D eigenvalue weighted by Gasteiger charge is 2.09. The van der Waals surface area contributed by atoms with E-state index < -0.39 is 0 Å². The second-order valence-corrected chi connectivity index (χ2v) is 5.16. The lowest BCUT2D eigenvalue weighted by Gasteiger charge is -2.14. The van der Waals surface area contributed by atoms with Crippen LogP contribution in [0, 0.1) is 12.7 Å². The van der Waals surface area contributed by atoms with Crippen LogP contribution in [0.4, 0.5) is 4.39 Å². The molecule has 2 aromatic rings. The van der Waals surface area contributed by atoms with Gasteiger partial charge in [0.15, 0.2) is 0 Å². The number of halogens is 1. The SMILES string of the molecule is CCCNCc1cc(OC)ccc1-c1ccc(F)cc1C. The average molecular weight is 287 g/mol. The second-order valence-electron chi connectivity index (χ2n) is 5.16. The van der Waals surface area contributed by atoms with Crippen molar-refractivity contribution in [3.05, 3.63) is 53.3 Å². The summed E-state index contributed by atoms with van der Waals surface area (Å²) in [5.74, 6) is 0.641. The maximum absolute atomic E-state index is 13.3. The van der Waals surface area contributed by atoms with Crippen LogP contribution in [-0.4, -0.2) is 13.7 Å². The summed E-state index contributed by atoms with van der Waals surface area (Å²) in [6.07, 6.45) is 1.09. The number of nitrogens with one attached hydrogen (secondary N) is 1. The Morgan fingerprint density at radius 3 is 2.52 bits per heavy atom. The number of ether oxygens (including phenoxy) is 1. The zero-order valence-electron chi connectivity index (χ0n) is 12.9. The van der Waals surface area contributed by atoms with Crippen molar-refractivity contribution < 1.29 is 9.13 Å². The molecule has 0 bridgehead atoms. The molecular formula is C18H22FNO. The number of methoxy groups -OCH3 is 1. The molecule has 0 aliphatic carbocycles. The number of hydrogen-bond acceptors (Lipinski definition) is 2. The molecule has 0 radical (unpaired) electrons. The fraction of sp³-hybridized carbons (Fsp3) is 0.333. The van der Waals surface area contributed by atoms with Crippen molar-refractivity contribution in [1.29, 1.82) is 0 Å². The molecule has 21 heavy (non-hydrogen) atoms. The van der Waals surface area contributed by atoms with Gasteiger partial charge in [-0.2, -0.15) is 0 Å². The van der Waals surface area contributed by atoms with Gasteiger partial charge in [-0.3, -0.25) is 0 Å². The van der Waals surface area contributed by atoms with Crippen LogP contribution >= 0.6 is 0 Å². The van der Waals surface area contributed by atoms with E-state index in [0.717, 1.165) is 47.5 Å². The monoisotopic (exact) mass is 287 g/mol. The van der Waals surface area contributed by atoms with Crippen LogP contribution in [0.15, 0.2) is 36.4 Å². The van der Waals surface area contributed by atoms with Crippen LogP contribution in [-0.2, 0) is 6.54 Å². The molecule has 1 N–H and O–H groups in total. The van der Waals surface area contributed by atoms with Gasteiger partial charge in [-0.15, -0.1) is 0 Å². The third kappa shape index (κ3) is 3.82. The molecule has 0 atom stereocenters. The van der Waals surface area contributed by atoms with Gasteiger partial charge in [-0.25, -0.2) is 4.39 Å². The number of rotatable bonds is 6. The summed E-state index contributed by atoms with van der Waals surface area (Å²) in [7, 11) is 1.67. The van der Waals surface area contributed by atoms with Gasteiger partial charge in [0.2, 0.25) is 0 Å². The molecule has 0 fully saturated rings. The molecule has 0 spiro atoms. The standard InChI is InChI=1S/C18H22FNO/c1-4-9-20-12-14-11-16(21-3)6-8-18(14)17-7-5-15(19)10-13(17)2/h5-8,10-11,20H,4,9,12H2,1-3H3. The first-order valence-corrected chi connectivity index (χ1v) is 7.30. The van der Waals surface area contributed by atoms with Crippen LogP contribution in [0.3, 0.4) is 0 Å². The third-order valence-corrected chi connectivity index (χ3v) is 3.53. The van der Waals surface area contributed by atoms with Crippen molar-refractivity contribution >= 4 is 0 Å². The van der Waals surface area contributed by atoms with Gasteiger partial charge in [0.25, 0.3) is 0 Å². The summed E-state index contributed by atoms with van der Waals surface area (Å²) < 4.78 is 18.6. The molecular weight excluding hydrogens is 265 g/mol. The lowest BCUT2D eigenvalue weighted by Crippen LogP contribution is -2.14. The van der Waals surface area contributed by atoms with Crippen molar-refractivity contribution in [2.24, 2.45) is 0 Å². The summed E-state index contributed by atoms with van der Waals surface area (Å²) in [5, 5.41) is 3.41. The maximum Gasteiger partial charge on any atom is 0.123 e. The Morgan fingerprint density at radius 1 is 1.10 bits per heavy atom. The van der Waals surface area contributed by atoms with Crippen molar-refractivity contribution in [2.75, 3.05) is 13.7 Å². The van der Waals surface area contributed by atoms with Gasteiger partial charge in [0, 0.05) is 6.54 Å². The first-order chi connectivity index (χ1) is 10.2. The zero-order chi connectivity index (χ0) is 15.2. The average Bonchev–Trinajstić information content (AvgIpc) is 2.48. The Balaban J connectivity index is 2.40. The van der Waals surface area contributed by atoms with E-state index in [1.807, 2.05) is 31.2 Å². The van der Waals surface area contributed by atoms with Gasteiger partial charge >= 0.3 is 0 Å². The van der Waals surface area contributed by atoms with Crippen molar-refractivity contribution in [2.45, 2.75) is 26.8 Å². The predicted molar refractivity (Wildman–Crippen MR) is 85.1 cm³/mol. The molecule has 2 rings (SSSR count). The molecule has 112 valence electrons. The van der Waals surface area contributed by atoms with Crippen molar-refractivity contribution in [1.82, 2.24) is 5.32 Å². The van der Waals surface area contributed by atoms with E-state index in [4.69, 9.17) is 4.74 Å². The smallest absolute Gasteiger partial charge is 0.123 e. The first kappa shape index (κ1) is 15.5. The zero-order valence-corrected chi connectivity index (χ0v) is 12.9. The Labute approximate surface area is 126 Å². The van der Waals surface area contributed by atoms with E-state index in [9.17, 15) is 4.39 Å². The molecule has 0 saturated heterocycles. The van der Waals surface area contributed by atoms with Crippen LogP contribution in [0.1, 0.15) is 24.5 Å². The van der Waals surface area contributed by atoms with Crippen LogP contribution in [0.2, 0.25) is 0 Å². The minimum absolute atomic E-state index is 0.199. The van der Waals surface area contributed by atoms with E-state index in [1.54, 1.807) is 13.2 Å². The van der Waals surface area contributed by atoms with E-state index in [2.05, 4.69) is 12.2 Å². The van der Waals surface area contributed by atoms with Crippen LogP contribution in [0.25, 0.3) is 11.1 Å². The molecule has 0 saturated carbocycles. The lowest BCUT2D eigenvalue weighted by atomic mass is 9.95. The Morgan fingerprint density at radius 2 is 1.86 bits per heavy atom. The predicted octanol–water partition coefficient (Wildman–Crippen LogP) is 4.31. The highest BCUT2D eigenvalue weighted by molar-refractivity contribution is 5.71. The van der Waals surface area contributed by atoms with Crippen LogP contribution < -0.4 is 10.1 Å². The Kier molecular flexibility index (Phi) is 5.34. The maximum atomic E-state index is 13.3. The molecule has 0 aliphatic heterocycles. The molecule has 2 aromatic carbocycles. The fourth-order valence-electron chi connectivity index (χ4n) is 2.44. The highest BCUT2D eigenvalue weighted by Crippen LogP contribution is 2.30. The van der Waals surface area contributed by atoms with Crippen LogP contribution in [0.5, 0.6) is 5.75 Å². The molecule has 0 aliphatic rings. The Hall–Kier alpha value is -1.87. The molecule has 0 unspecified atom stereocenters. The third-order valence-electron chi connectivity index (χ3n) is 3.53. The van der Waals surface area contributed by atoms with Gasteiger partial charge in [0.1, 0.15) is 11.6 Å². The number of benzene rings is 2. The molecule has 0 amide bonds. The van der Waals surface area contributed by atoms with E-state index in [1.165, 1.54) is 6.07 Å². The molecule has 0 aromatic heterocycles. The van der Waals surface area contributed by atoms with Crippen molar-refractivity contribution in [3.63, 3.8) is 0 Å². The van der Waals surface area contributed by atoms with Gasteiger partial charge in [-0.05, 0) is 66.4 Å². The minimum Gasteiger partial charge on any atom is -0.497 e. The van der Waals surface area contributed by atoms with E-state index in [0.29, 0.717) is 0 Å². The first-order valence-electron chi connectivity index (χ1n) is 7.30. The lowest BCUT2D eigenvalue weighted by molar-refractivity contribution is 0.414. The minimum atomic E-state index is -0.199. The number of aryl methyl sites for hydroxylation is 1. The van der Waals surface area contributed by atoms with Crippen molar-refractivity contribution in [3.8, 4) is 16.9 Å². The summed E-state index contributed by atoms with van der Waals surface area (Å²) in [6.45, 7) is 5.83. The Bertz CT molecular complexity index is 610. The fourth-order valence-corrected chi connectivity index (χ4v) is 2.44. The molecule has 2 nitrogen and oxygen atoms in total. The highest BCUT2D eigenvalue weighted by atomic mass is 19.1. The molecule has 0 heterocycles. The number of hydrogen-bond donors (Lipinski definition) is 1. The van der Waals surface area contributed by atoms with E-state index in [-0.39, 0.29) is 5.82 Å². The molecule has 3 heteroatoms.